The van der Waals surface area contributed by atoms with Crippen molar-refractivity contribution in [2.24, 2.45) is 0 Å². The Balaban J connectivity index is 1.72. The highest BCUT2D eigenvalue weighted by Gasteiger charge is 2.26. The van der Waals surface area contributed by atoms with Gasteiger partial charge in [-0.25, -0.2) is 4.98 Å². The van der Waals surface area contributed by atoms with E-state index in [0.717, 1.165) is 38.5 Å². The zero-order valence-electron chi connectivity index (χ0n) is 14.7. The molecular formula is C23H15ClN2OS. The van der Waals surface area contributed by atoms with Crippen LogP contribution in [0.2, 0.25) is 5.02 Å². The molecule has 3 nitrogen and oxygen atoms in total. The average molecular weight is 403 g/mol. The topological polar surface area (TPSA) is 25.4 Å². The number of hydrogen-bond donors (Lipinski definition) is 0. The van der Waals surface area contributed by atoms with Gasteiger partial charge in [0.05, 0.1) is 15.5 Å². The molecule has 0 saturated carbocycles. The summed E-state index contributed by atoms with van der Waals surface area (Å²) in [6.07, 6.45) is 1.78. The first-order valence-electron chi connectivity index (χ1n) is 8.84. The van der Waals surface area contributed by atoms with Gasteiger partial charge in [0.15, 0.2) is 5.75 Å². The number of anilines is 3. The number of aromatic nitrogens is 1. The molecular weight excluding hydrogens is 388 g/mol. The van der Waals surface area contributed by atoms with Gasteiger partial charge in [0.1, 0.15) is 11.6 Å². The van der Waals surface area contributed by atoms with E-state index in [1.165, 1.54) is 0 Å². The van der Waals surface area contributed by atoms with Crippen LogP contribution in [-0.4, -0.2) is 4.98 Å². The van der Waals surface area contributed by atoms with Crippen LogP contribution in [0.25, 0.3) is 0 Å². The second kappa shape index (κ2) is 7.23. The maximum Gasteiger partial charge on any atom is 0.165 e. The number of para-hydroxylation sites is 2. The molecule has 5 heteroatoms. The van der Waals surface area contributed by atoms with E-state index in [2.05, 4.69) is 16.0 Å². The Morgan fingerprint density at radius 1 is 0.821 bits per heavy atom. The van der Waals surface area contributed by atoms with Gasteiger partial charge in [0.2, 0.25) is 0 Å². The number of ether oxygens (including phenoxy) is 1. The normalized spacial score (nSPS) is 11.9. The number of rotatable bonds is 3. The van der Waals surface area contributed by atoms with Gasteiger partial charge >= 0.3 is 0 Å². The van der Waals surface area contributed by atoms with Gasteiger partial charge in [0.25, 0.3) is 0 Å². The molecule has 3 aromatic carbocycles. The quantitative estimate of drug-likeness (QED) is 0.312. The van der Waals surface area contributed by atoms with Crippen LogP contribution in [0.5, 0.6) is 11.5 Å². The van der Waals surface area contributed by atoms with Crippen molar-refractivity contribution in [2.45, 2.75) is 9.79 Å². The van der Waals surface area contributed by atoms with Gasteiger partial charge in [-0.2, -0.15) is 0 Å². The molecule has 136 valence electrons. The molecule has 5 rings (SSSR count). The standard InChI is InChI=1S/C23H15ClN2OS/c24-16-14-18(23-21(15-16)28-20-11-5-4-10-19(20)27-23)26(17-8-2-1-3-9-17)22-12-6-7-13-25-22/h1-15H. The molecule has 0 N–H and O–H groups in total. The van der Waals surface area contributed by atoms with Crippen LogP contribution in [0.15, 0.2) is 101 Å². The maximum atomic E-state index is 6.51. The fourth-order valence-corrected chi connectivity index (χ4v) is 4.50. The molecule has 0 unspecified atom stereocenters. The van der Waals surface area contributed by atoms with Gasteiger partial charge in [-0.1, -0.05) is 59.8 Å². The van der Waals surface area contributed by atoms with E-state index < -0.39 is 0 Å². The Labute approximate surface area is 172 Å². The van der Waals surface area contributed by atoms with E-state index in [0.29, 0.717) is 5.02 Å². The summed E-state index contributed by atoms with van der Waals surface area (Å²) in [4.78, 5) is 8.70. The molecule has 1 aromatic heterocycles. The zero-order valence-corrected chi connectivity index (χ0v) is 16.3. The van der Waals surface area contributed by atoms with Crippen molar-refractivity contribution in [3.8, 4) is 11.5 Å². The number of benzene rings is 3. The van der Waals surface area contributed by atoms with Crippen molar-refractivity contribution < 1.29 is 4.74 Å². The summed E-state index contributed by atoms with van der Waals surface area (Å²) in [7, 11) is 0. The molecule has 1 aliphatic heterocycles. The van der Waals surface area contributed by atoms with Crippen molar-refractivity contribution in [3.63, 3.8) is 0 Å². The molecule has 2 heterocycles. The predicted molar refractivity (Wildman–Crippen MR) is 115 cm³/mol. The van der Waals surface area contributed by atoms with Gasteiger partial charge in [0, 0.05) is 16.9 Å². The van der Waals surface area contributed by atoms with Crippen LogP contribution in [0, 0.1) is 0 Å². The Kier molecular flexibility index (Phi) is 4.43. The van der Waals surface area contributed by atoms with Crippen molar-refractivity contribution in [3.05, 3.63) is 96.1 Å². The highest BCUT2D eigenvalue weighted by Crippen LogP contribution is 2.53. The fourth-order valence-electron chi connectivity index (χ4n) is 3.20. The smallest absolute Gasteiger partial charge is 0.165 e. The van der Waals surface area contributed by atoms with Gasteiger partial charge in [-0.15, -0.1) is 0 Å². The van der Waals surface area contributed by atoms with Crippen molar-refractivity contribution in [2.75, 3.05) is 4.90 Å². The lowest BCUT2D eigenvalue weighted by Gasteiger charge is -2.29. The predicted octanol–water partition coefficient (Wildman–Crippen LogP) is 7.46. The number of fused-ring (bicyclic) bond motifs is 2. The third-order valence-corrected chi connectivity index (χ3v) is 5.71. The summed E-state index contributed by atoms with van der Waals surface area (Å²) in [6, 6.07) is 27.9. The lowest BCUT2D eigenvalue weighted by Crippen LogP contribution is -2.13. The molecule has 0 spiro atoms. The zero-order chi connectivity index (χ0) is 18.9. The third-order valence-electron chi connectivity index (χ3n) is 4.41. The van der Waals surface area contributed by atoms with E-state index >= 15 is 0 Å². The van der Waals surface area contributed by atoms with Crippen molar-refractivity contribution >= 4 is 40.6 Å². The molecule has 0 aliphatic carbocycles. The van der Waals surface area contributed by atoms with Crippen LogP contribution < -0.4 is 9.64 Å². The number of nitrogens with zero attached hydrogens (tertiary/aromatic N) is 2. The number of halogens is 1. The maximum absolute atomic E-state index is 6.51. The fraction of sp³-hybridized carbons (Fsp3) is 0. The summed E-state index contributed by atoms with van der Waals surface area (Å²) in [5.74, 6) is 2.42. The first kappa shape index (κ1) is 17.2. The highest BCUT2D eigenvalue weighted by molar-refractivity contribution is 7.99. The molecule has 0 radical (unpaired) electrons. The Morgan fingerprint density at radius 2 is 1.61 bits per heavy atom. The summed E-state index contributed by atoms with van der Waals surface area (Å²) in [6.45, 7) is 0. The minimum absolute atomic E-state index is 0.654. The van der Waals surface area contributed by atoms with Crippen molar-refractivity contribution in [1.29, 1.82) is 0 Å². The van der Waals surface area contributed by atoms with Crippen LogP contribution in [0.1, 0.15) is 0 Å². The lowest BCUT2D eigenvalue weighted by atomic mass is 10.2. The minimum Gasteiger partial charge on any atom is -0.453 e. The first-order chi connectivity index (χ1) is 13.8. The summed E-state index contributed by atoms with van der Waals surface area (Å²) in [5.41, 5.74) is 1.84. The molecule has 1 aliphatic rings. The minimum atomic E-state index is 0.654. The SMILES string of the molecule is Clc1cc2c(c(N(c3ccccc3)c3ccccn3)c1)Oc1ccccc1S2. The molecule has 0 saturated heterocycles. The number of hydrogen-bond acceptors (Lipinski definition) is 4. The molecule has 4 aromatic rings. The second-order valence-electron chi connectivity index (χ2n) is 6.26. The molecule has 0 atom stereocenters. The highest BCUT2D eigenvalue weighted by atomic mass is 35.5. The van der Waals surface area contributed by atoms with Crippen LogP contribution in [0.3, 0.4) is 0 Å². The Hall–Kier alpha value is -2.95. The van der Waals surface area contributed by atoms with E-state index in [4.69, 9.17) is 16.3 Å². The summed E-state index contributed by atoms with van der Waals surface area (Å²) in [5, 5.41) is 0.654. The van der Waals surface area contributed by atoms with Crippen LogP contribution in [-0.2, 0) is 0 Å². The van der Waals surface area contributed by atoms with Gasteiger partial charge in [-0.3, -0.25) is 4.90 Å². The van der Waals surface area contributed by atoms with Crippen molar-refractivity contribution in [1.82, 2.24) is 4.98 Å². The molecule has 0 bridgehead atoms. The average Bonchev–Trinajstić information content (AvgIpc) is 2.74. The monoisotopic (exact) mass is 402 g/mol. The Morgan fingerprint density at radius 3 is 2.43 bits per heavy atom. The van der Waals surface area contributed by atoms with E-state index in [1.807, 2.05) is 78.9 Å². The van der Waals surface area contributed by atoms with Gasteiger partial charge in [-0.05, 0) is 48.5 Å². The first-order valence-corrected chi connectivity index (χ1v) is 10.0. The summed E-state index contributed by atoms with van der Waals surface area (Å²) >= 11 is 8.17. The molecule has 0 amide bonds. The Bertz CT molecular complexity index is 1100. The number of pyridine rings is 1. The largest absolute Gasteiger partial charge is 0.453 e. The lowest BCUT2D eigenvalue weighted by molar-refractivity contribution is 0.455. The van der Waals surface area contributed by atoms with Gasteiger partial charge < -0.3 is 4.74 Å². The molecule has 0 fully saturated rings. The second-order valence-corrected chi connectivity index (χ2v) is 7.78. The van der Waals surface area contributed by atoms with Crippen LogP contribution >= 0.6 is 23.4 Å². The summed E-state index contributed by atoms with van der Waals surface area (Å²) < 4.78 is 6.34. The molecule has 28 heavy (non-hydrogen) atoms. The van der Waals surface area contributed by atoms with E-state index in [9.17, 15) is 0 Å². The third kappa shape index (κ3) is 3.11. The van der Waals surface area contributed by atoms with E-state index in [1.54, 1.807) is 18.0 Å². The van der Waals surface area contributed by atoms with E-state index in [-0.39, 0.29) is 0 Å². The van der Waals surface area contributed by atoms with Crippen LogP contribution in [0.4, 0.5) is 17.2 Å².